The minimum atomic E-state index is -0.0385. The van der Waals surface area contributed by atoms with Crippen molar-refractivity contribution < 1.29 is 5.11 Å². The molecule has 184 valence electrons. The predicted molar refractivity (Wildman–Crippen MR) is 145 cm³/mol. The number of para-hydroxylation sites is 1. The maximum Gasteiger partial charge on any atom is 0.143 e. The second-order valence-corrected chi connectivity index (χ2v) is 9.19. The third-order valence-electron chi connectivity index (χ3n) is 6.56. The van der Waals surface area contributed by atoms with E-state index in [0.29, 0.717) is 6.54 Å². The van der Waals surface area contributed by atoms with Gasteiger partial charge < -0.3 is 20.4 Å². The van der Waals surface area contributed by atoms with Crippen LogP contribution in [0.1, 0.15) is 29.9 Å². The first kappa shape index (κ1) is 22.6. The Morgan fingerprint density at radius 1 is 1.00 bits per heavy atom. The topological polar surface area (TPSA) is 107 Å². The molecule has 0 amide bonds. The molecule has 1 unspecified atom stereocenters. The molecular formula is C29H27N7O. The third kappa shape index (κ3) is 4.33. The van der Waals surface area contributed by atoms with Crippen LogP contribution in [0.15, 0.2) is 85.5 Å². The lowest BCUT2D eigenvalue weighted by molar-refractivity contribution is 0.464. The number of phenolic OH excluding ortho intramolecular Hbond substituents is 1. The lowest BCUT2D eigenvalue weighted by Gasteiger charge is -2.17. The van der Waals surface area contributed by atoms with Crippen LogP contribution in [-0.2, 0) is 6.54 Å². The standard InChI is InChI=1S/C29H27N7O/c1-18-14-22(20-8-4-3-5-9-20)27(33-18)19(2)34-29-26-23(15-30-28(26)31-17-32-29)24-12-13-36(35-24)16-21-10-6-7-11-25(21)37/h3-15,17,19,33,37H,16H2,1-2H3,(H2,30,31,32,34). The van der Waals surface area contributed by atoms with Crippen molar-refractivity contribution in [3.63, 3.8) is 0 Å². The number of anilines is 1. The average Bonchev–Trinajstić information content (AvgIpc) is 3.64. The van der Waals surface area contributed by atoms with Crippen LogP contribution in [0.3, 0.4) is 0 Å². The summed E-state index contributed by atoms with van der Waals surface area (Å²) < 4.78 is 1.82. The first-order chi connectivity index (χ1) is 18.1. The van der Waals surface area contributed by atoms with Crippen molar-refractivity contribution in [1.82, 2.24) is 29.7 Å². The lowest BCUT2D eigenvalue weighted by atomic mass is 10.0. The van der Waals surface area contributed by atoms with Gasteiger partial charge in [0.1, 0.15) is 23.5 Å². The highest BCUT2D eigenvalue weighted by molar-refractivity contribution is 6.00. The number of nitrogens with zero attached hydrogens (tertiary/aromatic N) is 4. The van der Waals surface area contributed by atoms with Gasteiger partial charge in [-0.05, 0) is 37.6 Å². The van der Waals surface area contributed by atoms with E-state index in [1.165, 1.54) is 11.1 Å². The smallest absolute Gasteiger partial charge is 0.143 e. The summed E-state index contributed by atoms with van der Waals surface area (Å²) in [5.41, 5.74) is 7.79. The number of hydrogen-bond donors (Lipinski definition) is 4. The Kier molecular flexibility index (Phi) is 5.69. The first-order valence-electron chi connectivity index (χ1n) is 12.2. The molecule has 0 fully saturated rings. The van der Waals surface area contributed by atoms with Gasteiger partial charge in [-0.25, -0.2) is 9.97 Å². The van der Waals surface area contributed by atoms with Crippen LogP contribution in [0, 0.1) is 6.92 Å². The largest absolute Gasteiger partial charge is 0.508 e. The molecule has 2 aromatic carbocycles. The molecule has 6 aromatic rings. The number of H-pyrrole nitrogens is 2. The van der Waals surface area contributed by atoms with E-state index in [-0.39, 0.29) is 11.8 Å². The molecule has 0 spiro atoms. The highest BCUT2D eigenvalue weighted by Gasteiger charge is 2.20. The molecule has 4 aromatic heterocycles. The van der Waals surface area contributed by atoms with Crippen LogP contribution in [0.2, 0.25) is 0 Å². The van der Waals surface area contributed by atoms with E-state index in [4.69, 9.17) is 5.10 Å². The summed E-state index contributed by atoms with van der Waals surface area (Å²) in [6.45, 7) is 4.67. The minimum absolute atomic E-state index is 0.0385. The van der Waals surface area contributed by atoms with Crippen molar-refractivity contribution in [2.75, 3.05) is 5.32 Å². The molecule has 0 saturated carbocycles. The molecule has 0 saturated heterocycles. The maximum atomic E-state index is 10.1. The van der Waals surface area contributed by atoms with Crippen LogP contribution in [0.4, 0.5) is 5.82 Å². The number of aromatic amines is 2. The fraction of sp³-hybridized carbons (Fsp3) is 0.138. The second-order valence-electron chi connectivity index (χ2n) is 9.19. The fourth-order valence-corrected chi connectivity index (χ4v) is 4.77. The summed E-state index contributed by atoms with van der Waals surface area (Å²) in [7, 11) is 0. The van der Waals surface area contributed by atoms with Gasteiger partial charge in [0.05, 0.1) is 23.7 Å². The molecule has 6 rings (SSSR count). The normalized spacial score (nSPS) is 12.2. The molecule has 0 bridgehead atoms. The second kappa shape index (κ2) is 9.31. The van der Waals surface area contributed by atoms with Crippen LogP contribution < -0.4 is 5.32 Å². The highest BCUT2D eigenvalue weighted by Crippen LogP contribution is 2.35. The van der Waals surface area contributed by atoms with Gasteiger partial charge in [-0.3, -0.25) is 4.68 Å². The number of aromatic nitrogens is 6. The number of phenols is 1. The molecule has 37 heavy (non-hydrogen) atoms. The average molecular weight is 490 g/mol. The molecule has 0 aliphatic rings. The van der Waals surface area contributed by atoms with Crippen LogP contribution in [0.25, 0.3) is 33.4 Å². The lowest BCUT2D eigenvalue weighted by Crippen LogP contribution is -2.10. The van der Waals surface area contributed by atoms with Gasteiger partial charge in [0, 0.05) is 40.5 Å². The number of rotatable bonds is 7. The van der Waals surface area contributed by atoms with Crippen LogP contribution in [-0.4, -0.2) is 34.8 Å². The Hall–Kier alpha value is -4.85. The van der Waals surface area contributed by atoms with E-state index in [1.54, 1.807) is 12.4 Å². The molecule has 0 aliphatic carbocycles. The monoisotopic (exact) mass is 489 g/mol. The zero-order valence-electron chi connectivity index (χ0n) is 20.6. The quantitative estimate of drug-likeness (QED) is 0.218. The van der Waals surface area contributed by atoms with Gasteiger partial charge >= 0.3 is 0 Å². The highest BCUT2D eigenvalue weighted by atomic mass is 16.3. The van der Waals surface area contributed by atoms with Gasteiger partial charge in [0.2, 0.25) is 0 Å². The molecule has 4 N–H and O–H groups in total. The summed E-state index contributed by atoms with van der Waals surface area (Å²) in [6.07, 6.45) is 5.39. The van der Waals surface area contributed by atoms with Crippen molar-refractivity contribution in [1.29, 1.82) is 0 Å². The molecule has 8 heteroatoms. The summed E-state index contributed by atoms with van der Waals surface area (Å²) in [5, 5.41) is 19.4. The van der Waals surface area contributed by atoms with Gasteiger partial charge in [-0.2, -0.15) is 5.10 Å². The number of aromatic hydroxyl groups is 1. The first-order valence-corrected chi connectivity index (χ1v) is 12.2. The summed E-state index contributed by atoms with van der Waals surface area (Å²) >= 11 is 0. The van der Waals surface area contributed by atoms with Gasteiger partial charge in [0.25, 0.3) is 0 Å². The number of hydrogen-bond acceptors (Lipinski definition) is 5. The van der Waals surface area contributed by atoms with Crippen molar-refractivity contribution in [3.8, 4) is 28.1 Å². The summed E-state index contributed by atoms with van der Waals surface area (Å²) in [5.74, 6) is 0.991. The number of aryl methyl sites for hydroxylation is 1. The van der Waals surface area contributed by atoms with E-state index in [1.807, 2.05) is 47.4 Å². The van der Waals surface area contributed by atoms with Gasteiger partial charge in [-0.1, -0.05) is 48.5 Å². The molecule has 1 atom stereocenters. The SMILES string of the molecule is Cc1cc(-c2ccccc2)c(C(C)Nc2ncnc3[nH]cc(-c4ccn(Cc5ccccc5O)n4)c23)[nH]1. The van der Waals surface area contributed by atoms with E-state index >= 15 is 0 Å². The molecular weight excluding hydrogens is 462 g/mol. The number of fused-ring (bicyclic) bond motifs is 1. The molecule has 4 heterocycles. The third-order valence-corrected chi connectivity index (χ3v) is 6.56. The Bertz CT molecular complexity index is 1680. The molecule has 8 nitrogen and oxygen atoms in total. The Labute approximate surface area is 214 Å². The number of nitrogens with one attached hydrogen (secondary N) is 3. The summed E-state index contributed by atoms with van der Waals surface area (Å²) in [4.78, 5) is 15.8. The minimum Gasteiger partial charge on any atom is -0.508 e. The van der Waals surface area contributed by atoms with Gasteiger partial charge in [-0.15, -0.1) is 0 Å². The Balaban J connectivity index is 1.33. The van der Waals surface area contributed by atoms with Gasteiger partial charge in [0.15, 0.2) is 0 Å². The van der Waals surface area contributed by atoms with Crippen molar-refractivity contribution >= 4 is 16.9 Å². The predicted octanol–water partition coefficient (Wildman–Crippen LogP) is 6.05. The molecule has 0 aliphatic heterocycles. The van der Waals surface area contributed by atoms with E-state index in [2.05, 4.69) is 69.4 Å². The maximum absolute atomic E-state index is 10.1. The van der Waals surface area contributed by atoms with Crippen molar-refractivity contribution in [2.24, 2.45) is 0 Å². The number of benzene rings is 2. The van der Waals surface area contributed by atoms with E-state index in [0.717, 1.165) is 45.1 Å². The zero-order chi connectivity index (χ0) is 25.4. The van der Waals surface area contributed by atoms with E-state index < -0.39 is 0 Å². The van der Waals surface area contributed by atoms with Crippen molar-refractivity contribution in [3.05, 3.63) is 102 Å². The van der Waals surface area contributed by atoms with Crippen molar-refractivity contribution in [2.45, 2.75) is 26.4 Å². The Morgan fingerprint density at radius 3 is 2.65 bits per heavy atom. The van der Waals surface area contributed by atoms with E-state index in [9.17, 15) is 5.11 Å². The zero-order valence-corrected chi connectivity index (χ0v) is 20.6. The summed E-state index contributed by atoms with van der Waals surface area (Å²) in [6, 6.07) is 21.8. The molecule has 0 radical (unpaired) electrons. The van der Waals surface area contributed by atoms with Crippen LogP contribution >= 0.6 is 0 Å². The Morgan fingerprint density at radius 2 is 1.81 bits per heavy atom. The van der Waals surface area contributed by atoms with Crippen LogP contribution in [0.5, 0.6) is 5.75 Å². The fourth-order valence-electron chi connectivity index (χ4n) is 4.77.